The van der Waals surface area contributed by atoms with Gasteiger partial charge in [0.15, 0.2) is 0 Å². The Labute approximate surface area is 205 Å². The van der Waals surface area contributed by atoms with Crippen LogP contribution in [0, 0.1) is 0 Å². The number of pyridine rings is 1. The molecular formula is C25H25F3N2O4S. The van der Waals surface area contributed by atoms with Crippen molar-refractivity contribution in [1.82, 2.24) is 10.3 Å². The van der Waals surface area contributed by atoms with E-state index in [9.17, 15) is 22.8 Å². The van der Waals surface area contributed by atoms with Gasteiger partial charge in [0.25, 0.3) is 0 Å². The summed E-state index contributed by atoms with van der Waals surface area (Å²) in [6, 6.07) is 10.2. The molecule has 1 N–H and O–H groups in total. The van der Waals surface area contributed by atoms with E-state index in [-0.39, 0.29) is 35.7 Å². The third-order valence-corrected chi connectivity index (χ3v) is 6.19. The lowest BCUT2D eigenvalue weighted by atomic mass is 9.78. The molecule has 1 aliphatic rings. The Bertz CT molecular complexity index is 1150. The van der Waals surface area contributed by atoms with Crippen molar-refractivity contribution in [3.05, 3.63) is 82.3 Å². The first kappa shape index (κ1) is 26.3. The van der Waals surface area contributed by atoms with Crippen molar-refractivity contribution in [3.63, 3.8) is 0 Å². The van der Waals surface area contributed by atoms with Crippen molar-refractivity contribution in [2.75, 3.05) is 19.0 Å². The van der Waals surface area contributed by atoms with Gasteiger partial charge in [-0.25, -0.2) is 14.6 Å². The molecule has 0 saturated carbocycles. The average molecular weight is 507 g/mol. The topological polar surface area (TPSA) is 77.5 Å². The molecule has 10 heteroatoms. The van der Waals surface area contributed by atoms with Gasteiger partial charge in [-0.3, -0.25) is 0 Å². The van der Waals surface area contributed by atoms with Gasteiger partial charge < -0.3 is 14.8 Å². The van der Waals surface area contributed by atoms with E-state index in [0.29, 0.717) is 16.4 Å². The fourth-order valence-corrected chi connectivity index (χ4v) is 4.67. The van der Waals surface area contributed by atoms with Crippen LogP contribution in [0.5, 0.6) is 0 Å². The number of hydrogen-bond donors (Lipinski definition) is 1. The molecule has 1 unspecified atom stereocenters. The minimum atomic E-state index is -4.71. The lowest BCUT2D eigenvalue weighted by Gasteiger charge is -2.32. The predicted octanol–water partition coefficient (Wildman–Crippen LogP) is 5.23. The maximum atomic E-state index is 14.0. The van der Waals surface area contributed by atoms with Crippen LogP contribution >= 0.6 is 11.8 Å². The van der Waals surface area contributed by atoms with E-state index in [1.54, 1.807) is 45.2 Å². The molecule has 0 bridgehead atoms. The third kappa shape index (κ3) is 6.05. The SMILES string of the molecule is CCOC(=O)C1=C(C)NC(CSc2ccccn2)=C(C(=O)OCC)C1c1ccccc1C(F)(F)F. The van der Waals surface area contributed by atoms with Crippen LogP contribution in [0.3, 0.4) is 0 Å². The fraction of sp³-hybridized carbons (Fsp3) is 0.320. The molecule has 1 atom stereocenters. The summed E-state index contributed by atoms with van der Waals surface area (Å²) < 4.78 is 52.5. The molecule has 0 radical (unpaired) electrons. The van der Waals surface area contributed by atoms with Crippen molar-refractivity contribution in [2.24, 2.45) is 0 Å². The molecule has 1 aromatic heterocycles. The number of dihydropyridines is 1. The number of thioether (sulfide) groups is 1. The highest BCUT2D eigenvalue weighted by Crippen LogP contribution is 2.45. The first-order valence-corrected chi connectivity index (χ1v) is 11.9. The van der Waals surface area contributed by atoms with Crippen LogP contribution < -0.4 is 5.32 Å². The molecule has 0 aliphatic carbocycles. The van der Waals surface area contributed by atoms with E-state index >= 15 is 0 Å². The number of benzene rings is 1. The second kappa shape index (κ2) is 11.4. The maximum Gasteiger partial charge on any atom is 0.416 e. The molecule has 6 nitrogen and oxygen atoms in total. The molecule has 0 spiro atoms. The number of nitrogens with one attached hydrogen (secondary N) is 1. The van der Waals surface area contributed by atoms with Crippen LogP contribution in [0.4, 0.5) is 13.2 Å². The van der Waals surface area contributed by atoms with Gasteiger partial charge in [0.1, 0.15) is 0 Å². The van der Waals surface area contributed by atoms with E-state index in [2.05, 4.69) is 10.3 Å². The fourth-order valence-electron chi connectivity index (χ4n) is 3.84. The Kier molecular flexibility index (Phi) is 8.61. The lowest BCUT2D eigenvalue weighted by molar-refractivity contribution is -0.142. The second-order valence-electron chi connectivity index (χ2n) is 7.47. The monoisotopic (exact) mass is 506 g/mol. The first-order valence-electron chi connectivity index (χ1n) is 10.9. The molecular weight excluding hydrogens is 481 g/mol. The van der Waals surface area contributed by atoms with Crippen LogP contribution in [-0.2, 0) is 25.2 Å². The van der Waals surface area contributed by atoms with Gasteiger partial charge in [0, 0.05) is 23.3 Å². The van der Waals surface area contributed by atoms with Crippen molar-refractivity contribution in [1.29, 1.82) is 0 Å². The van der Waals surface area contributed by atoms with E-state index in [1.807, 2.05) is 0 Å². The number of allylic oxidation sites excluding steroid dienone is 1. The molecule has 2 heterocycles. The number of carbonyl (C=O) groups excluding carboxylic acids is 2. The molecule has 0 fully saturated rings. The van der Waals surface area contributed by atoms with Crippen molar-refractivity contribution < 1.29 is 32.2 Å². The van der Waals surface area contributed by atoms with Gasteiger partial charge in [-0.1, -0.05) is 24.3 Å². The number of ether oxygens (including phenoxy) is 2. The first-order chi connectivity index (χ1) is 16.7. The zero-order valence-electron chi connectivity index (χ0n) is 19.4. The highest BCUT2D eigenvalue weighted by Gasteiger charge is 2.43. The zero-order valence-corrected chi connectivity index (χ0v) is 20.3. The van der Waals surface area contributed by atoms with Crippen molar-refractivity contribution in [2.45, 2.75) is 37.9 Å². The van der Waals surface area contributed by atoms with Gasteiger partial charge in [0.2, 0.25) is 0 Å². The molecule has 1 aliphatic heterocycles. The van der Waals surface area contributed by atoms with Gasteiger partial charge >= 0.3 is 18.1 Å². The molecule has 0 saturated heterocycles. The van der Waals surface area contributed by atoms with Crippen LogP contribution in [0.1, 0.15) is 37.8 Å². The van der Waals surface area contributed by atoms with E-state index in [0.717, 1.165) is 6.07 Å². The molecule has 186 valence electrons. The molecule has 3 rings (SSSR count). The summed E-state index contributed by atoms with van der Waals surface area (Å²) in [6.45, 7) is 4.80. The second-order valence-corrected chi connectivity index (χ2v) is 8.47. The lowest BCUT2D eigenvalue weighted by Crippen LogP contribution is -2.35. The maximum absolute atomic E-state index is 14.0. The van der Waals surface area contributed by atoms with Gasteiger partial charge in [0.05, 0.1) is 40.9 Å². The van der Waals surface area contributed by atoms with Gasteiger partial charge in [-0.05, 0) is 44.5 Å². The molecule has 1 aromatic carbocycles. The van der Waals surface area contributed by atoms with E-state index < -0.39 is 29.6 Å². The largest absolute Gasteiger partial charge is 0.463 e. The quantitative estimate of drug-likeness (QED) is 0.388. The summed E-state index contributed by atoms with van der Waals surface area (Å²) in [5.41, 5.74) is -0.673. The number of aromatic nitrogens is 1. The molecule has 0 amide bonds. The summed E-state index contributed by atoms with van der Waals surface area (Å²) in [7, 11) is 0. The Morgan fingerprint density at radius 1 is 1.00 bits per heavy atom. The summed E-state index contributed by atoms with van der Waals surface area (Å²) in [6.07, 6.45) is -3.10. The van der Waals surface area contributed by atoms with Crippen LogP contribution in [0.15, 0.2) is 76.2 Å². The minimum Gasteiger partial charge on any atom is -0.463 e. The third-order valence-electron chi connectivity index (χ3n) is 5.21. The zero-order chi connectivity index (χ0) is 25.6. The number of rotatable bonds is 8. The minimum absolute atomic E-state index is 0.00801. The number of alkyl halides is 3. The van der Waals surface area contributed by atoms with Crippen LogP contribution in [-0.4, -0.2) is 35.9 Å². The van der Waals surface area contributed by atoms with Gasteiger partial charge in [-0.15, -0.1) is 11.8 Å². The molecule has 35 heavy (non-hydrogen) atoms. The van der Waals surface area contributed by atoms with Crippen LogP contribution in [0.2, 0.25) is 0 Å². The van der Waals surface area contributed by atoms with Gasteiger partial charge in [-0.2, -0.15) is 13.2 Å². The number of hydrogen-bond acceptors (Lipinski definition) is 7. The number of nitrogens with zero attached hydrogens (tertiary/aromatic N) is 1. The highest BCUT2D eigenvalue weighted by molar-refractivity contribution is 7.99. The number of carbonyl (C=O) groups is 2. The Hall–Kier alpha value is -3.27. The molecule has 2 aromatic rings. The summed E-state index contributed by atoms with van der Waals surface area (Å²) in [4.78, 5) is 30.4. The van der Waals surface area contributed by atoms with E-state index in [4.69, 9.17) is 9.47 Å². The summed E-state index contributed by atoms with van der Waals surface area (Å²) >= 11 is 1.29. The van der Waals surface area contributed by atoms with Crippen molar-refractivity contribution in [3.8, 4) is 0 Å². The Morgan fingerprint density at radius 2 is 1.63 bits per heavy atom. The highest BCUT2D eigenvalue weighted by atomic mass is 32.2. The summed E-state index contributed by atoms with van der Waals surface area (Å²) in [5, 5.41) is 3.71. The normalized spacial score (nSPS) is 16.1. The smallest absolute Gasteiger partial charge is 0.416 e. The van der Waals surface area contributed by atoms with E-state index in [1.165, 1.54) is 30.0 Å². The number of esters is 2. The number of halogens is 3. The predicted molar refractivity (Wildman–Crippen MR) is 125 cm³/mol. The Balaban J connectivity index is 2.23. The standard InChI is InChI=1S/C25H25F3N2O4S/c1-4-33-23(31)20-15(3)30-18(14-35-19-12-8-9-13-29-19)22(24(32)34-5-2)21(20)16-10-6-7-11-17(16)25(26,27)28/h6-13,21,30H,4-5,14H2,1-3H3. The van der Waals surface area contributed by atoms with Crippen molar-refractivity contribution >= 4 is 23.7 Å². The Morgan fingerprint density at radius 3 is 2.23 bits per heavy atom. The van der Waals surface area contributed by atoms with Crippen LogP contribution in [0.25, 0.3) is 0 Å². The summed E-state index contributed by atoms with van der Waals surface area (Å²) in [5.74, 6) is -2.78. The average Bonchev–Trinajstić information content (AvgIpc) is 2.82.